The minimum Gasteiger partial charge on any atom is -0.497 e. The van der Waals surface area contributed by atoms with Gasteiger partial charge in [0.05, 0.1) is 57.2 Å². The average Bonchev–Trinajstić information content (AvgIpc) is 2.98. The molecule has 0 aliphatic rings. The Bertz CT molecular complexity index is 1610. The number of anilines is 1. The maximum atomic E-state index is 13.6. The smallest absolute Gasteiger partial charge is 0.244 e. The second-order valence-corrected chi connectivity index (χ2v) is 8.63. The molecule has 3 aromatic carbocycles. The Morgan fingerprint density at radius 1 is 0.800 bits per heavy atom. The predicted octanol–water partition coefficient (Wildman–Crippen LogP) is 4.30. The Kier molecular flexibility index (Phi) is 8.58. The van der Waals surface area contributed by atoms with Crippen molar-refractivity contribution in [3.63, 3.8) is 0 Å². The van der Waals surface area contributed by atoms with Gasteiger partial charge in [0.2, 0.25) is 11.3 Å². The van der Waals surface area contributed by atoms with Crippen LogP contribution >= 0.6 is 0 Å². The van der Waals surface area contributed by atoms with Gasteiger partial charge >= 0.3 is 0 Å². The van der Waals surface area contributed by atoms with E-state index in [4.69, 9.17) is 23.7 Å². The van der Waals surface area contributed by atoms with Gasteiger partial charge in [-0.05, 0) is 49.4 Å². The van der Waals surface area contributed by atoms with E-state index in [2.05, 4.69) is 5.32 Å². The van der Waals surface area contributed by atoms with Gasteiger partial charge < -0.3 is 33.6 Å². The van der Waals surface area contributed by atoms with Crippen molar-refractivity contribution in [2.24, 2.45) is 0 Å². The van der Waals surface area contributed by atoms with Crippen molar-refractivity contribution in [3.8, 4) is 28.7 Å². The Hall–Kier alpha value is -4.99. The molecule has 0 aliphatic carbocycles. The third kappa shape index (κ3) is 5.70. The second kappa shape index (κ2) is 12.2. The summed E-state index contributed by atoms with van der Waals surface area (Å²) in [6, 6.07) is 14.6. The van der Waals surface area contributed by atoms with Crippen molar-refractivity contribution in [3.05, 3.63) is 82.1 Å². The zero-order chi connectivity index (χ0) is 28.8. The highest BCUT2D eigenvalue weighted by Crippen LogP contribution is 2.32. The molecule has 1 aromatic heterocycles. The zero-order valence-corrected chi connectivity index (χ0v) is 22.9. The lowest BCUT2D eigenvalue weighted by molar-refractivity contribution is -0.116. The average molecular weight is 547 g/mol. The lowest BCUT2D eigenvalue weighted by Crippen LogP contribution is -2.24. The molecular formula is C30H30N2O8. The summed E-state index contributed by atoms with van der Waals surface area (Å²) in [6.45, 7) is 2.13. The first-order chi connectivity index (χ1) is 19.3. The number of amides is 1. The highest BCUT2D eigenvalue weighted by Gasteiger charge is 2.21. The normalized spacial score (nSPS) is 10.6. The number of carbonyl (C=O) groups excluding carboxylic acids is 2. The predicted molar refractivity (Wildman–Crippen MR) is 151 cm³/mol. The fourth-order valence-corrected chi connectivity index (χ4v) is 4.28. The van der Waals surface area contributed by atoms with Crippen LogP contribution < -0.4 is 34.4 Å². The summed E-state index contributed by atoms with van der Waals surface area (Å²) in [5.74, 6) is 1.37. The number of ketones is 1. The number of rotatable bonds is 11. The first-order valence-electron chi connectivity index (χ1n) is 12.4. The lowest BCUT2D eigenvalue weighted by atomic mass is 10.0. The monoisotopic (exact) mass is 546 g/mol. The number of hydrogen-bond donors (Lipinski definition) is 1. The molecule has 0 spiro atoms. The molecule has 1 heterocycles. The van der Waals surface area contributed by atoms with Crippen LogP contribution in [0.5, 0.6) is 28.7 Å². The third-order valence-electron chi connectivity index (χ3n) is 6.25. The van der Waals surface area contributed by atoms with Crippen LogP contribution in [-0.4, -0.2) is 51.3 Å². The summed E-state index contributed by atoms with van der Waals surface area (Å²) in [7, 11) is 5.94. The van der Waals surface area contributed by atoms with Crippen LogP contribution in [0.1, 0.15) is 22.8 Å². The van der Waals surface area contributed by atoms with Gasteiger partial charge in [0.15, 0.2) is 17.3 Å². The molecule has 0 bridgehead atoms. The summed E-state index contributed by atoms with van der Waals surface area (Å²) in [5.41, 5.74) is 0.535. The van der Waals surface area contributed by atoms with E-state index < -0.39 is 17.1 Å². The van der Waals surface area contributed by atoms with Gasteiger partial charge in [-0.15, -0.1) is 0 Å². The Labute approximate surface area is 231 Å². The molecule has 0 fully saturated rings. The summed E-state index contributed by atoms with van der Waals surface area (Å²) >= 11 is 0. The summed E-state index contributed by atoms with van der Waals surface area (Å²) in [5, 5.41) is 3.02. The van der Waals surface area contributed by atoms with Crippen LogP contribution in [0.15, 0.2) is 65.6 Å². The van der Waals surface area contributed by atoms with Crippen molar-refractivity contribution in [2.45, 2.75) is 13.5 Å². The lowest BCUT2D eigenvalue weighted by Gasteiger charge is -2.17. The van der Waals surface area contributed by atoms with Crippen molar-refractivity contribution in [2.75, 3.05) is 40.4 Å². The van der Waals surface area contributed by atoms with Crippen molar-refractivity contribution >= 4 is 28.3 Å². The van der Waals surface area contributed by atoms with Crippen LogP contribution in [-0.2, 0) is 11.3 Å². The van der Waals surface area contributed by atoms with Crippen molar-refractivity contribution in [1.29, 1.82) is 0 Å². The van der Waals surface area contributed by atoms with E-state index in [1.807, 2.05) is 6.92 Å². The summed E-state index contributed by atoms with van der Waals surface area (Å²) in [4.78, 5) is 40.3. The highest BCUT2D eigenvalue weighted by molar-refractivity contribution is 6.10. The maximum absolute atomic E-state index is 13.6. The molecule has 4 aromatic rings. The van der Waals surface area contributed by atoms with Gasteiger partial charge in [0.1, 0.15) is 23.8 Å². The molecule has 4 rings (SSSR count). The summed E-state index contributed by atoms with van der Waals surface area (Å²) in [6.07, 6.45) is 1.39. The van der Waals surface area contributed by atoms with E-state index >= 15 is 0 Å². The van der Waals surface area contributed by atoms with E-state index in [-0.39, 0.29) is 17.5 Å². The molecule has 0 aliphatic heterocycles. The van der Waals surface area contributed by atoms with Gasteiger partial charge in [-0.1, -0.05) is 0 Å². The number of carbonyl (C=O) groups is 2. The number of pyridine rings is 1. The number of aromatic nitrogens is 1. The zero-order valence-electron chi connectivity index (χ0n) is 22.9. The Morgan fingerprint density at radius 2 is 1.45 bits per heavy atom. The first-order valence-corrected chi connectivity index (χ1v) is 12.4. The van der Waals surface area contributed by atoms with Crippen LogP contribution in [0.25, 0.3) is 10.9 Å². The molecule has 40 heavy (non-hydrogen) atoms. The van der Waals surface area contributed by atoms with E-state index in [1.165, 1.54) is 45.3 Å². The molecule has 0 radical (unpaired) electrons. The fraction of sp³-hybridized carbons (Fsp3) is 0.233. The molecule has 208 valence electrons. The number of nitrogens with zero attached hydrogens (tertiary/aromatic N) is 1. The van der Waals surface area contributed by atoms with E-state index in [0.29, 0.717) is 52.1 Å². The van der Waals surface area contributed by atoms with Crippen LogP contribution in [0.2, 0.25) is 0 Å². The Morgan fingerprint density at radius 3 is 2.08 bits per heavy atom. The molecule has 10 nitrogen and oxygen atoms in total. The Balaban J connectivity index is 1.79. The van der Waals surface area contributed by atoms with Gasteiger partial charge in [-0.25, -0.2) is 0 Å². The maximum Gasteiger partial charge on any atom is 0.244 e. The number of hydrogen-bond acceptors (Lipinski definition) is 8. The topological polar surface area (TPSA) is 114 Å². The van der Waals surface area contributed by atoms with E-state index in [9.17, 15) is 14.4 Å². The molecule has 0 atom stereocenters. The molecule has 1 amide bonds. The van der Waals surface area contributed by atoms with E-state index in [1.54, 1.807) is 48.5 Å². The minimum absolute atomic E-state index is 0.0984. The van der Waals surface area contributed by atoms with Gasteiger partial charge in [-0.3, -0.25) is 14.4 Å². The molecule has 0 saturated carbocycles. The minimum atomic E-state index is -0.497. The summed E-state index contributed by atoms with van der Waals surface area (Å²) < 4.78 is 28.4. The van der Waals surface area contributed by atoms with Crippen molar-refractivity contribution < 1.29 is 33.3 Å². The van der Waals surface area contributed by atoms with Gasteiger partial charge in [-0.2, -0.15) is 0 Å². The van der Waals surface area contributed by atoms with Gasteiger partial charge in [0.25, 0.3) is 0 Å². The number of methoxy groups -OCH3 is 4. The van der Waals surface area contributed by atoms with Crippen LogP contribution in [0.4, 0.5) is 5.69 Å². The molecular weight excluding hydrogens is 516 g/mol. The van der Waals surface area contributed by atoms with Crippen LogP contribution in [0, 0.1) is 0 Å². The molecule has 0 saturated heterocycles. The molecule has 10 heteroatoms. The number of fused-ring (bicyclic) bond motifs is 1. The number of benzene rings is 3. The molecule has 0 unspecified atom stereocenters. The first kappa shape index (κ1) is 28.0. The highest BCUT2D eigenvalue weighted by atomic mass is 16.5. The molecule has 1 N–H and O–H groups in total. The van der Waals surface area contributed by atoms with E-state index in [0.717, 1.165) is 0 Å². The second-order valence-electron chi connectivity index (χ2n) is 8.63. The fourth-order valence-electron chi connectivity index (χ4n) is 4.28. The van der Waals surface area contributed by atoms with Crippen LogP contribution in [0.3, 0.4) is 0 Å². The third-order valence-corrected chi connectivity index (χ3v) is 6.25. The SMILES string of the molecule is CCOc1ccc(C(=O)c2cn(CC(=O)Nc3ccc(OC)cc3OC)c3cc(OC)c(OC)cc3c2=O)cc1. The number of nitrogens with one attached hydrogen (secondary N) is 1. The largest absolute Gasteiger partial charge is 0.497 e. The number of ether oxygens (including phenoxy) is 5. The van der Waals surface area contributed by atoms with Crippen molar-refractivity contribution in [1.82, 2.24) is 4.57 Å². The quantitative estimate of drug-likeness (QED) is 0.277. The standard InChI is InChI=1S/C30H30N2O8/c1-6-40-19-9-7-18(8-10-19)29(34)22-16-32(24-15-27(39-5)26(38-4)14-21(24)30(22)35)17-28(33)31-23-12-11-20(36-2)13-25(23)37-3/h7-16H,6,17H2,1-5H3,(H,31,33). The van der Waals surface area contributed by atoms with Gasteiger partial charge in [0, 0.05) is 23.9 Å².